The number of benzene rings is 3. The maximum absolute atomic E-state index is 13.3. The van der Waals surface area contributed by atoms with E-state index >= 15 is 0 Å². The third-order valence-corrected chi connectivity index (χ3v) is 7.62. The smallest absolute Gasteiger partial charge is 0.261 e. The minimum absolute atomic E-state index is 0.210. The average Bonchev–Trinajstić information content (AvgIpc) is 3.30. The average molecular weight is 467 g/mol. The Bertz CT molecular complexity index is 1440. The van der Waals surface area contributed by atoms with Crippen molar-refractivity contribution in [3.05, 3.63) is 66.0 Å². The lowest BCUT2D eigenvalue weighted by atomic mass is 9.89. The number of carbonyl (C=O) groups excluding carboxylic acids is 2. The van der Waals surface area contributed by atoms with Gasteiger partial charge in [0, 0.05) is 35.6 Å². The molecule has 1 saturated carbocycles. The van der Waals surface area contributed by atoms with E-state index in [-0.39, 0.29) is 11.8 Å². The first-order valence-corrected chi connectivity index (χ1v) is 12.6. The first kappa shape index (κ1) is 22.0. The summed E-state index contributed by atoms with van der Waals surface area (Å²) in [5.74, 6) is -0.421. The molecule has 6 nitrogen and oxygen atoms in total. The van der Waals surface area contributed by atoms with Crippen LogP contribution in [0.15, 0.2) is 54.9 Å². The molecule has 0 spiro atoms. The number of rotatable bonds is 5. The van der Waals surface area contributed by atoms with Crippen LogP contribution < -0.4 is 0 Å². The van der Waals surface area contributed by atoms with E-state index in [4.69, 9.17) is 0 Å². The maximum atomic E-state index is 13.3. The standard InChI is InChI=1S/C29H30N4O2/c1-31(2)15-16-32-28(34)23-10-6-9-22-21(12-13-24(27(22)23)29(32)35)19-11-14-25-26(17-19)33(18-30-25)20-7-4-3-5-8-20/h6,9-14,17-18,20H,3-5,7-8,15-16H2,1-2H3. The molecule has 6 rings (SSSR count). The van der Waals surface area contributed by atoms with Crippen molar-refractivity contribution < 1.29 is 9.59 Å². The third kappa shape index (κ3) is 3.64. The predicted molar refractivity (Wildman–Crippen MR) is 139 cm³/mol. The summed E-state index contributed by atoms with van der Waals surface area (Å²) in [6.07, 6.45) is 8.25. The van der Waals surface area contributed by atoms with Gasteiger partial charge in [-0.25, -0.2) is 4.98 Å². The van der Waals surface area contributed by atoms with Crippen molar-refractivity contribution in [2.45, 2.75) is 38.1 Å². The van der Waals surface area contributed by atoms with E-state index in [0.29, 0.717) is 30.3 Å². The zero-order chi connectivity index (χ0) is 24.1. The van der Waals surface area contributed by atoms with Crippen LogP contribution in [0, 0.1) is 0 Å². The molecule has 1 aliphatic heterocycles. The highest BCUT2D eigenvalue weighted by Gasteiger charge is 2.33. The quantitative estimate of drug-likeness (QED) is 0.364. The fourth-order valence-corrected chi connectivity index (χ4v) is 5.74. The lowest BCUT2D eigenvalue weighted by Crippen LogP contribution is -2.43. The Morgan fingerprint density at radius 3 is 2.43 bits per heavy atom. The predicted octanol–water partition coefficient (Wildman–Crippen LogP) is 5.52. The highest BCUT2D eigenvalue weighted by atomic mass is 16.2. The Balaban J connectivity index is 1.46. The van der Waals surface area contributed by atoms with E-state index in [1.165, 1.54) is 37.0 Å². The lowest BCUT2D eigenvalue weighted by Gasteiger charge is -2.28. The van der Waals surface area contributed by atoms with Crippen molar-refractivity contribution in [3.63, 3.8) is 0 Å². The number of hydrogen-bond acceptors (Lipinski definition) is 4. The minimum Gasteiger partial charge on any atom is -0.327 e. The number of likely N-dealkylation sites (N-methyl/N-ethyl adjacent to an activating group) is 1. The summed E-state index contributed by atoms with van der Waals surface area (Å²) >= 11 is 0. The summed E-state index contributed by atoms with van der Waals surface area (Å²) in [6, 6.07) is 16.6. The van der Waals surface area contributed by atoms with Crippen molar-refractivity contribution in [3.8, 4) is 11.1 Å². The second-order valence-electron chi connectivity index (χ2n) is 10.1. The van der Waals surface area contributed by atoms with Crippen LogP contribution >= 0.6 is 0 Å². The van der Waals surface area contributed by atoms with Gasteiger partial charge in [0.05, 0.1) is 17.4 Å². The largest absolute Gasteiger partial charge is 0.327 e. The van der Waals surface area contributed by atoms with Crippen LogP contribution in [0.1, 0.15) is 58.9 Å². The summed E-state index contributed by atoms with van der Waals surface area (Å²) in [6.45, 7) is 1.01. The number of amides is 2. The van der Waals surface area contributed by atoms with Crippen LogP contribution in [0.3, 0.4) is 0 Å². The van der Waals surface area contributed by atoms with Crippen LogP contribution in [0.2, 0.25) is 0 Å². The first-order valence-electron chi connectivity index (χ1n) is 12.6. The number of imide groups is 1. The Morgan fingerprint density at radius 2 is 1.66 bits per heavy atom. The molecule has 178 valence electrons. The third-order valence-electron chi connectivity index (χ3n) is 7.62. The van der Waals surface area contributed by atoms with Gasteiger partial charge in [0.15, 0.2) is 0 Å². The van der Waals surface area contributed by atoms with Gasteiger partial charge in [0.25, 0.3) is 11.8 Å². The van der Waals surface area contributed by atoms with E-state index in [9.17, 15) is 9.59 Å². The second-order valence-corrected chi connectivity index (χ2v) is 10.1. The van der Waals surface area contributed by atoms with Gasteiger partial charge >= 0.3 is 0 Å². The van der Waals surface area contributed by atoms with Gasteiger partial charge in [0.1, 0.15) is 0 Å². The van der Waals surface area contributed by atoms with Gasteiger partial charge in [-0.05, 0) is 67.7 Å². The molecule has 4 aromatic rings. The minimum atomic E-state index is -0.210. The van der Waals surface area contributed by atoms with Crippen molar-refractivity contribution in [1.29, 1.82) is 0 Å². The van der Waals surface area contributed by atoms with Crippen molar-refractivity contribution in [1.82, 2.24) is 19.4 Å². The monoisotopic (exact) mass is 466 g/mol. The number of imidazole rings is 1. The molecule has 0 saturated heterocycles. The SMILES string of the molecule is CN(C)CCN1C(=O)c2cccc3c(-c4ccc5ncn(C6CCCCC6)c5c4)ccc(c23)C1=O. The maximum Gasteiger partial charge on any atom is 0.261 e. The number of hydrogen-bond donors (Lipinski definition) is 0. The molecule has 1 aromatic heterocycles. The molecule has 0 atom stereocenters. The van der Waals surface area contributed by atoms with Crippen LogP contribution in [0.5, 0.6) is 0 Å². The summed E-state index contributed by atoms with van der Waals surface area (Å²) in [5, 5.41) is 1.71. The molecule has 0 unspecified atom stereocenters. The molecule has 1 aliphatic carbocycles. The van der Waals surface area contributed by atoms with E-state index < -0.39 is 0 Å². The molecule has 1 fully saturated rings. The summed E-state index contributed by atoms with van der Waals surface area (Å²) in [7, 11) is 3.88. The lowest BCUT2D eigenvalue weighted by molar-refractivity contribution is 0.0601. The van der Waals surface area contributed by atoms with Crippen LogP contribution in [-0.2, 0) is 0 Å². The Labute approximate surface area is 205 Å². The fourth-order valence-electron chi connectivity index (χ4n) is 5.74. The van der Waals surface area contributed by atoms with Gasteiger partial charge < -0.3 is 9.47 Å². The Kier molecular flexibility index (Phi) is 5.41. The molecular weight excluding hydrogens is 436 g/mol. The van der Waals surface area contributed by atoms with Crippen molar-refractivity contribution in [2.75, 3.05) is 27.2 Å². The zero-order valence-electron chi connectivity index (χ0n) is 20.3. The second kappa shape index (κ2) is 8.61. The highest BCUT2D eigenvalue weighted by molar-refractivity contribution is 6.27. The van der Waals surface area contributed by atoms with E-state index in [0.717, 1.165) is 32.9 Å². The molecule has 35 heavy (non-hydrogen) atoms. The molecule has 0 N–H and O–H groups in total. The summed E-state index contributed by atoms with van der Waals surface area (Å²) in [4.78, 5) is 34.6. The Morgan fingerprint density at radius 1 is 0.914 bits per heavy atom. The first-order chi connectivity index (χ1) is 17.0. The van der Waals surface area contributed by atoms with Gasteiger partial charge in [-0.15, -0.1) is 0 Å². The normalized spacial score (nSPS) is 16.7. The van der Waals surface area contributed by atoms with Crippen molar-refractivity contribution in [2.24, 2.45) is 0 Å². The van der Waals surface area contributed by atoms with E-state index in [1.807, 2.05) is 55.7 Å². The molecule has 0 radical (unpaired) electrons. The van der Waals surface area contributed by atoms with Gasteiger partial charge in [-0.3, -0.25) is 14.5 Å². The van der Waals surface area contributed by atoms with Crippen molar-refractivity contribution >= 4 is 33.6 Å². The topological polar surface area (TPSA) is 58.4 Å². The van der Waals surface area contributed by atoms with Gasteiger partial charge in [-0.1, -0.05) is 43.5 Å². The van der Waals surface area contributed by atoms with Crippen LogP contribution in [-0.4, -0.2) is 58.4 Å². The van der Waals surface area contributed by atoms with E-state index in [1.54, 1.807) is 0 Å². The number of aromatic nitrogens is 2. The molecule has 2 aliphatic rings. The molecule has 2 heterocycles. The summed E-state index contributed by atoms with van der Waals surface area (Å²) in [5.41, 5.74) is 5.47. The van der Waals surface area contributed by atoms with Crippen LogP contribution in [0.25, 0.3) is 32.9 Å². The van der Waals surface area contributed by atoms with E-state index in [2.05, 4.69) is 27.8 Å². The molecule has 6 heteroatoms. The molecular formula is C29H30N4O2. The highest BCUT2D eigenvalue weighted by Crippen LogP contribution is 2.38. The van der Waals surface area contributed by atoms with Crippen LogP contribution in [0.4, 0.5) is 0 Å². The Hall–Kier alpha value is -3.51. The molecule has 2 amide bonds. The molecule has 0 bridgehead atoms. The number of carbonyl (C=O) groups is 2. The zero-order valence-corrected chi connectivity index (χ0v) is 20.3. The molecule has 3 aromatic carbocycles. The fraction of sp³-hybridized carbons (Fsp3) is 0.345. The number of nitrogens with zero attached hydrogens (tertiary/aromatic N) is 4. The summed E-state index contributed by atoms with van der Waals surface area (Å²) < 4.78 is 2.35. The van der Waals surface area contributed by atoms with Gasteiger partial charge in [-0.2, -0.15) is 0 Å². The van der Waals surface area contributed by atoms with Gasteiger partial charge in [0.2, 0.25) is 0 Å². The number of fused-ring (bicyclic) bond motifs is 1.